The van der Waals surface area contributed by atoms with Crippen LogP contribution in [0.2, 0.25) is 0 Å². The van der Waals surface area contributed by atoms with E-state index in [1.165, 1.54) is 11.9 Å². The molecule has 7 heavy (non-hydrogen) atoms. The summed E-state index contributed by atoms with van der Waals surface area (Å²) >= 11 is 1.36. The SMILES string of the molecule is CN1CNSC1=N. The van der Waals surface area contributed by atoms with Crippen molar-refractivity contribution in [1.29, 1.82) is 5.41 Å². The third-order valence-corrected chi connectivity index (χ3v) is 1.60. The minimum atomic E-state index is 0.597. The summed E-state index contributed by atoms with van der Waals surface area (Å²) in [7, 11) is 1.88. The monoisotopic (exact) mass is 117 g/mol. The molecule has 0 amide bonds. The molecule has 0 unspecified atom stereocenters. The highest BCUT2D eigenvalue weighted by Crippen LogP contribution is 2.06. The van der Waals surface area contributed by atoms with Crippen molar-refractivity contribution < 1.29 is 0 Å². The van der Waals surface area contributed by atoms with Crippen LogP contribution < -0.4 is 4.72 Å². The van der Waals surface area contributed by atoms with Gasteiger partial charge in [-0.2, -0.15) is 0 Å². The summed E-state index contributed by atoms with van der Waals surface area (Å²) in [5.74, 6) is 0. The van der Waals surface area contributed by atoms with Crippen LogP contribution in [-0.4, -0.2) is 23.8 Å². The topological polar surface area (TPSA) is 39.1 Å². The molecule has 0 aromatic carbocycles. The summed E-state index contributed by atoms with van der Waals surface area (Å²) in [4.78, 5) is 1.84. The Balaban J connectivity index is 2.48. The molecular weight excluding hydrogens is 110 g/mol. The van der Waals surface area contributed by atoms with Crippen LogP contribution in [0, 0.1) is 5.41 Å². The minimum Gasteiger partial charge on any atom is -0.340 e. The highest BCUT2D eigenvalue weighted by Gasteiger charge is 2.10. The highest BCUT2D eigenvalue weighted by atomic mass is 32.2. The van der Waals surface area contributed by atoms with E-state index in [2.05, 4.69) is 4.72 Å². The van der Waals surface area contributed by atoms with Crippen LogP contribution in [0.15, 0.2) is 0 Å². The van der Waals surface area contributed by atoms with Gasteiger partial charge in [-0.25, -0.2) is 4.72 Å². The maximum absolute atomic E-state index is 7.08. The summed E-state index contributed by atoms with van der Waals surface area (Å²) in [5.41, 5.74) is 0. The Labute approximate surface area is 46.7 Å². The lowest BCUT2D eigenvalue weighted by Gasteiger charge is -2.03. The summed E-state index contributed by atoms with van der Waals surface area (Å²) in [6.45, 7) is 0.795. The van der Waals surface area contributed by atoms with E-state index in [1.54, 1.807) is 0 Å². The largest absolute Gasteiger partial charge is 0.340 e. The van der Waals surface area contributed by atoms with E-state index in [0.29, 0.717) is 5.17 Å². The first-order valence-corrected chi connectivity index (χ1v) is 2.82. The zero-order chi connectivity index (χ0) is 5.28. The van der Waals surface area contributed by atoms with E-state index >= 15 is 0 Å². The van der Waals surface area contributed by atoms with Gasteiger partial charge in [0.25, 0.3) is 0 Å². The molecule has 0 aliphatic carbocycles. The van der Waals surface area contributed by atoms with E-state index in [1.807, 2.05) is 11.9 Å². The van der Waals surface area contributed by atoms with Crippen LogP contribution in [0.25, 0.3) is 0 Å². The van der Waals surface area contributed by atoms with Crippen LogP contribution in [0.3, 0.4) is 0 Å². The van der Waals surface area contributed by atoms with E-state index in [-0.39, 0.29) is 0 Å². The Kier molecular flexibility index (Phi) is 1.21. The predicted octanol–water partition coefficient (Wildman–Crippen LogP) is 0.0619. The van der Waals surface area contributed by atoms with Gasteiger partial charge in [0.2, 0.25) is 0 Å². The third kappa shape index (κ3) is 0.863. The Hall–Kier alpha value is -0.220. The average Bonchev–Trinajstić information content (AvgIpc) is 1.91. The summed E-state index contributed by atoms with van der Waals surface area (Å²) in [5, 5.41) is 7.68. The molecule has 0 bridgehead atoms. The number of nitrogens with one attached hydrogen (secondary N) is 2. The molecule has 0 spiro atoms. The van der Waals surface area contributed by atoms with Crippen LogP contribution in [0.1, 0.15) is 0 Å². The van der Waals surface area contributed by atoms with Gasteiger partial charge >= 0.3 is 0 Å². The van der Waals surface area contributed by atoms with E-state index < -0.39 is 0 Å². The van der Waals surface area contributed by atoms with Gasteiger partial charge in [-0.1, -0.05) is 0 Å². The van der Waals surface area contributed by atoms with E-state index in [0.717, 1.165) is 6.67 Å². The van der Waals surface area contributed by atoms with Crippen molar-refractivity contribution in [2.45, 2.75) is 0 Å². The lowest BCUT2D eigenvalue weighted by molar-refractivity contribution is 0.526. The van der Waals surface area contributed by atoms with Crippen molar-refractivity contribution >= 4 is 17.1 Å². The van der Waals surface area contributed by atoms with E-state index in [4.69, 9.17) is 5.41 Å². The first kappa shape index (κ1) is 4.93. The maximum Gasteiger partial charge on any atom is 0.172 e. The van der Waals surface area contributed by atoms with Crippen LogP contribution in [0.5, 0.6) is 0 Å². The first-order valence-electron chi connectivity index (χ1n) is 2.00. The molecule has 2 N–H and O–H groups in total. The van der Waals surface area contributed by atoms with Gasteiger partial charge in [0, 0.05) is 7.05 Å². The van der Waals surface area contributed by atoms with Crippen molar-refractivity contribution in [2.24, 2.45) is 0 Å². The third-order valence-electron chi connectivity index (χ3n) is 0.817. The number of rotatable bonds is 0. The van der Waals surface area contributed by atoms with Crippen molar-refractivity contribution in [2.75, 3.05) is 13.7 Å². The van der Waals surface area contributed by atoms with Gasteiger partial charge in [0.15, 0.2) is 5.17 Å². The molecule has 0 aromatic heterocycles. The average molecular weight is 117 g/mol. The summed E-state index contributed by atoms with van der Waals surface area (Å²) in [6.07, 6.45) is 0. The van der Waals surface area contributed by atoms with Gasteiger partial charge < -0.3 is 4.90 Å². The zero-order valence-electron chi connectivity index (χ0n) is 4.06. The lowest BCUT2D eigenvalue weighted by atomic mass is 10.9. The second-order valence-electron chi connectivity index (χ2n) is 1.41. The van der Waals surface area contributed by atoms with Gasteiger partial charge in [-0.3, -0.25) is 5.41 Å². The van der Waals surface area contributed by atoms with Crippen molar-refractivity contribution in [1.82, 2.24) is 9.62 Å². The molecule has 3 nitrogen and oxygen atoms in total. The molecule has 1 rings (SSSR count). The Morgan fingerprint density at radius 1 is 2.00 bits per heavy atom. The fraction of sp³-hybridized carbons (Fsp3) is 0.667. The van der Waals surface area contributed by atoms with Crippen LogP contribution >= 0.6 is 11.9 Å². The zero-order valence-corrected chi connectivity index (χ0v) is 4.88. The van der Waals surface area contributed by atoms with Gasteiger partial charge in [0.1, 0.15) is 0 Å². The molecule has 40 valence electrons. The van der Waals surface area contributed by atoms with Crippen molar-refractivity contribution in [3.05, 3.63) is 0 Å². The molecule has 1 heterocycles. The summed E-state index contributed by atoms with van der Waals surface area (Å²) < 4.78 is 2.94. The molecule has 0 atom stereocenters. The molecule has 1 aliphatic rings. The fourth-order valence-electron chi connectivity index (χ4n) is 0.347. The van der Waals surface area contributed by atoms with Crippen LogP contribution in [0.4, 0.5) is 0 Å². The lowest BCUT2D eigenvalue weighted by Crippen LogP contribution is -2.19. The standard InChI is InChI=1S/C3H7N3S/c1-6-2-5-7-3(6)4/h4-5H,2H2,1H3. The Morgan fingerprint density at radius 3 is 2.86 bits per heavy atom. The quantitative estimate of drug-likeness (QED) is 0.441. The molecule has 1 aliphatic heterocycles. The van der Waals surface area contributed by atoms with Crippen molar-refractivity contribution in [3.63, 3.8) is 0 Å². The smallest absolute Gasteiger partial charge is 0.172 e. The summed E-state index contributed by atoms with van der Waals surface area (Å²) in [6, 6.07) is 0. The second-order valence-corrected chi connectivity index (χ2v) is 2.29. The Morgan fingerprint density at radius 2 is 2.71 bits per heavy atom. The maximum atomic E-state index is 7.08. The number of hydrogen-bond donors (Lipinski definition) is 2. The molecule has 1 saturated heterocycles. The first-order chi connectivity index (χ1) is 3.30. The van der Waals surface area contributed by atoms with Crippen LogP contribution in [-0.2, 0) is 0 Å². The van der Waals surface area contributed by atoms with Crippen molar-refractivity contribution in [3.8, 4) is 0 Å². The molecule has 0 saturated carbocycles. The molecular formula is C3H7N3S. The van der Waals surface area contributed by atoms with Gasteiger partial charge in [-0.05, 0) is 11.9 Å². The number of hydrogen-bond acceptors (Lipinski definition) is 3. The van der Waals surface area contributed by atoms with Gasteiger partial charge in [0.05, 0.1) is 6.67 Å². The molecule has 0 radical (unpaired) electrons. The van der Waals surface area contributed by atoms with Gasteiger partial charge in [-0.15, -0.1) is 0 Å². The molecule has 4 heteroatoms. The molecule has 0 aromatic rings. The number of nitrogens with zero attached hydrogens (tertiary/aromatic N) is 1. The molecule has 1 fully saturated rings. The normalized spacial score (nSPS) is 21.3. The highest BCUT2D eigenvalue weighted by molar-refractivity contribution is 8.12. The number of amidine groups is 1. The predicted molar refractivity (Wildman–Crippen MR) is 31.1 cm³/mol. The second kappa shape index (κ2) is 1.71. The van der Waals surface area contributed by atoms with E-state index in [9.17, 15) is 0 Å². The minimum absolute atomic E-state index is 0.597. The Bertz CT molecular complexity index is 92.2. The fourth-order valence-corrected chi connectivity index (χ4v) is 0.962.